The van der Waals surface area contributed by atoms with Crippen molar-refractivity contribution >= 4 is 17.5 Å². The van der Waals surface area contributed by atoms with Gasteiger partial charge in [-0.1, -0.05) is 0 Å². The molecule has 0 aliphatic carbocycles. The molecule has 0 amide bonds. The van der Waals surface area contributed by atoms with E-state index in [1.54, 1.807) is 19.1 Å². The molecule has 98 valence electrons. The van der Waals surface area contributed by atoms with Gasteiger partial charge in [-0.05, 0) is 30.7 Å². The molecule has 1 heterocycles. The molecule has 0 aliphatic heterocycles. The summed E-state index contributed by atoms with van der Waals surface area (Å²) in [4.78, 5) is 19.1. The molecule has 2 aromatic rings. The van der Waals surface area contributed by atoms with Gasteiger partial charge >= 0.3 is 5.97 Å². The molecule has 0 fully saturated rings. The van der Waals surface area contributed by atoms with Crippen LogP contribution in [0.5, 0.6) is 0 Å². The van der Waals surface area contributed by atoms with Crippen LogP contribution in [0, 0.1) is 12.7 Å². The number of hydrogen-bond acceptors (Lipinski definition) is 5. The Morgan fingerprint density at radius 2 is 2.11 bits per heavy atom. The van der Waals surface area contributed by atoms with E-state index in [1.165, 1.54) is 25.6 Å². The fourth-order valence-electron chi connectivity index (χ4n) is 1.47. The van der Waals surface area contributed by atoms with E-state index in [1.807, 2.05) is 0 Å². The van der Waals surface area contributed by atoms with Gasteiger partial charge in [0.05, 0.1) is 19.5 Å². The van der Waals surface area contributed by atoms with Crippen molar-refractivity contribution in [2.24, 2.45) is 0 Å². The fourth-order valence-corrected chi connectivity index (χ4v) is 1.47. The van der Waals surface area contributed by atoms with Crippen LogP contribution in [0.15, 0.2) is 30.6 Å². The molecule has 19 heavy (non-hydrogen) atoms. The summed E-state index contributed by atoms with van der Waals surface area (Å²) in [5.41, 5.74) is 1.35. The van der Waals surface area contributed by atoms with Gasteiger partial charge in [0.1, 0.15) is 11.6 Å². The maximum absolute atomic E-state index is 13.1. The predicted molar refractivity (Wildman–Crippen MR) is 67.8 cm³/mol. The van der Waals surface area contributed by atoms with Crippen molar-refractivity contribution < 1.29 is 13.9 Å². The first kappa shape index (κ1) is 12.9. The number of anilines is 2. The molecule has 0 saturated heterocycles. The van der Waals surface area contributed by atoms with Crippen molar-refractivity contribution in [3.05, 3.63) is 47.7 Å². The lowest BCUT2D eigenvalue weighted by atomic mass is 10.2. The second kappa shape index (κ2) is 5.43. The second-order valence-electron chi connectivity index (χ2n) is 3.87. The van der Waals surface area contributed by atoms with Crippen LogP contribution >= 0.6 is 0 Å². The minimum atomic E-state index is -0.545. The molecule has 0 unspecified atom stereocenters. The summed E-state index contributed by atoms with van der Waals surface area (Å²) in [6, 6.07) is 4.62. The summed E-state index contributed by atoms with van der Waals surface area (Å²) in [5, 5.41) is 2.96. The third kappa shape index (κ3) is 3.04. The first-order valence-electron chi connectivity index (χ1n) is 5.53. The van der Waals surface area contributed by atoms with Gasteiger partial charge in [-0.15, -0.1) is 0 Å². The largest absolute Gasteiger partial charge is 0.464 e. The van der Waals surface area contributed by atoms with Crippen LogP contribution in [0.4, 0.5) is 15.9 Å². The number of methoxy groups -OCH3 is 1. The number of nitrogens with one attached hydrogen (secondary N) is 1. The Morgan fingerprint density at radius 1 is 1.32 bits per heavy atom. The third-order valence-corrected chi connectivity index (χ3v) is 2.48. The quantitative estimate of drug-likeness (QED) is 0.860. The van der Waals surface area contributed by atoms with Gasteiger partial charge in [0, 0.05) is 5.69 Å². The Balaban J connectivity index is 2.15. The van der Waals surface area contributed by atoms with Crippen LogP contribution in [-0.2, 0) is 4.74 Å². The zero-order valence-electron chi connectivity index (χ0n) is 10.5. The molecule has 0 radical (unpaired) electrons. The standard InChI is InChI=1S/C13H12FN3O2/c1-8-5-9(3-4-10(8)14)17-12-7-15-11(6-16-12)13(18)19-2/h3-7H,1-2H3,(H,16,17). The molecule has 0 aliphatic rings. The maximum Gasteiger partial charge on any atom is 0.358 e. The van der Waals surface area contributed by atoms with Gasteiger partial charge in [0.15, 0.2) is 5.69 Å². The number of halogens is 1. The van der Waals surface area contributed by atoms with Crippen LogP contribution in [0.1, 0.15) is 16.1 Å². The van der Waals surface area contributed by atoms with Crippen LogP contribution in [0.25, 0.3) is 0 Å². The highest BCUT2D eigenvalue weighted by molar-refractivity contribution is 5.86. The average Bonchev–Trinajstić information content (AvgIpc) is 2.43. The van der Waals surface area contributed by atoms with E-state index in [0.717, 1.165) is 0 Å². The van der Waals surface area contributed by atoms with E-state index in [-0.39, 0.29) is 11.5 Å². The summed E-state index contributed by atoms with van der Waals surface area (Å²) in [7, 11) is 1.28. The highest BCUT2D eigenvalue weighted by Crippen LogP contribution is 2.17. The lowest BCUT2D eigenvalue weighted by Crippen LogP contribution is -2.05. The van der Waals surface area contributed by atoms with Gasteiger partial charge < -0.3 is 10.1 Å². The van der Waals surface area contributed by atoms with Crippen LogP contribution in [0.3, 0.4) is 0 Å². The van der Waals surface area contributed by atoms with E-state index in [4.69, 9.17) is 0 Å². The van der Waals surface area contributed by atoms with Crippen molar-refractivity contribution in [2.45, 2.75) is 6.92 Å². The molecule has 5 nitrogen and oxygen atoms in total. The SMILES string of the molecule is COC(=O)c1cnc(Nc2ccc(F)c(C)c2)cn1. The van der Waals surface area contributed by atoms with E-state index < -0.39 is 5.97 Å². The molecule has 0 spiro atoms. The average molecular weight is 261 g/mol. The minimum Gasteiger partial charge on any atom is -0.464 e. The monoisotopic (exact) mass is 261 g/mol. The van der Waals surface area contributed by atoms with Crippen LogP contribution in [0.2, 0.25) is 0 Å². The number of ether oxygens (including phenoxy) is 1. The number of benzene rings is 1. The molecule has 1 aromatic heterocycles. The van der Waals surface area contributed by atoms with Crippen molar-refractivity contribution in [3.8, 4) is 0 Å². The van der Waals surface area contributed by atoms with Gasteiger partial charge in [-0.2, -0.15) is 0 Å². The van der Waals surface area contributed by atoms with E-state index in [9.17, 15) is 9.18 Å². The molecule has 1 aromatic carbocycles. The Hall–Kier alpha value is -2.50. The number of aryl methyl sites for hydroxylation is 1. The number of rotatable bonds is 3. The topological polar surface area (TPSA) is 64.1 Å². The van der Waals surface area contributed by atoms with Crippen LogP contribution in [-0.4, -0.2) is 23.0 Å². The molecular formula is C13H12FN3O2. The molecule has 6 heteroatoms. The summed E-state index contributed by atoms with van der Waals surface area (Å²) in [5.74, 6) is -0.354. The minimum absolute atomic E-state index is 0.128. The highest BCUT2D eigenvalue weighted by atomic mass is 19.1. The molecule has 0 atom stereocenters. The zero-order valence-corrected chi connectivity index (χ0v) is 10.5. The summed E-state index contributed by atoms with van der Waals surface area (Å²) in [6.45, 7) is 1.67. The summed E-state index contributed by atoms with van der Waals surface area (Å²) < 4.78 is 17.6. The van der Waals surface area contributed by atoms with Crippen molar-refractivity contribution in [1.29, 1.82) is 0 Å². The van der Waals surface area contributed by atoms with Crippen molar-refractivity contribution in [2.75, 3.05) is 12.4 Å². The molecule has 0 bridgehead atoms. The van der Waals surface area contributed by atoms with E-state index >= 15 is 0 Å². The Bertz CT molecular complexity index is 599. The lowest BCUT2D eigenvalue weighted by molar-refractivity contribution is 0.0593. The number of nitrogens with zero attached hydrogens (tertiary/aromatic N) is 2. The number of carbonyl (C=O) groups is 1. The van der Waals surface area contributed by atoms with Gasteiger partial charge in [-0.3, -0.25) is 0 Å². The van der Waals surface area contributed by atoms with Gasteiger partial charge in [0.2, 0.25) is 0 Å². The number of esters is 1. The van der Waals surface area contributed by atoms with Crippen LogP contribution < -0.4 is 5.32 Å². The molecular weight excluding hydrogens is 249 g/mol. The normalized spacial score (nSPS) is 10.1. The summed E-state index contributed by atoms with van der Waals surface area (Å²) >= 11 is 0. The molecule has 0 saturated carbocycles. The van der Waals surface area contributed by atoms with E-state index in [0.29, 0.717) is 17.1 Å². The fraction of sp³-hybridized carbons (Fsp3) is 0.154. The van der Waals surface area contributed by atoms with Crippen molar-refractivity contribution in [1.82, 2.24) is 9.97 Å². The second-order valence-corrected chi connectivity index (χ2v) is 3.87. The smallest absolute Gasteiger partial charge is 0.358 e. The first-order chi connectivity index (χ1) is 9.10. The predicted octanol–water partition coefficient (Wildman–Crippen LogP) is 2.45. The van der Waals surface area contributed by atoms with Crippen molar-refractivity contribution in [3.63, 3.8) is 0 Å². The molecule has 1 N–H and O–H groups in total. The Labute approximate surface area is 109 Å². The number of carbonyl (C=O) groups excluding carboxylic acids is 1. The maximum atomic E-state index is 13.1. The third-order valence-electron chi connectivity index (χ3n) is 2.48. The Morgan fingerprint density at radius 3 is 2.68 bits per heavy atom. The van der Waals surface area contributed by atoms with Gasteiger partial charge in [-0.25, -0.2) is 19.2 Å². The number of hydrogen-bond donors (Lipinski definition) is 1. The number of aromatic nitrogens is 2. The van der Waals surface area contributed by atoms with E-state index in [2.05, 4.69) is 20.0 Å². The van der Waals surface area contributed by atoms with Gasteiger partial charge in [0.25, 0.3) is 0 Å². The highest BCUT2D eigenvalue weighted by Gasteiger charge is 2.07. The lowest BCUT2D eigenvalue weighted by Gasteiger charge is -2.06. The zero-order chi connectivity index (χ0) is 13.8. The Kier molecular flexibility index (Phi) is 3.70. The molecule has 2 rings (SSSR count). The summed E-state index contributed by atoms with van der Waals surface area (Å²) in [6.07, 6.45) is 2.72. The first-order valence-corrected chi connectivity index (χ1v) is 5.53.